The molecule has 0 aromatic carbocycles. The van der Waals surface area contributed by atoms with Gasteiger partial charge in [-0.05, 0) is 23.8 Å². The van der Waals surface area contributed by atoms with E-state index in [1.807, 2.05) is 24.3 Å². The number of aromatic nitrogens is 2. The van der Waals surface area contributed by atoms with E-state index >= 15 is 0 Å². The van der Waals surface area contributed by atoms with E-state index in [0.29, 0.717) is 18.2 Å². The predicted octanol–water partition coefficient (Wildman–Crippen LogP) is 2.76. The minimum absolute atomic E-state index is 0.327. The van der Waals surface area contributed by atoms with E-state index < -0.39 is 0 Å². The molecule has 0 aliphatic rings. The van der Waals surface area contributed by atoms with Crippen LogP contribution in [0.15, 0.2) is 42.7 Å². The van der Waals surface area contributed by atoms with Crippen LogP contribution < -0.4 is 4.90 Å². The Labute approximate surface area is 129 Å². The summed E-state index contributed by atoms with van der Waals surface area (Å²) in [7, 11) is 3.24. The molecule has 0 aliphatic carbocycles. The molecule has 2 rings (SSSR count). The van der Waals surface area contributed by atoms with Gasteiger partial charge in [0.2, 0.25) is 0 Å². The standard InChI is InChI=1S/C15H18ClN3O2/c1-20-15(21-2)11-19(14-5-3-4-8-17-14)10-12-6-7-13(16)18-9-12/h3-9,15H,10-11H2,1-2H3. The number of hydrogen-bond donors (Lipinski definition) is 0. The average Bonchev–Trinajstić information content (AvgIpc) is 2.54. The zero-order chi connectivity index (χ0) is 15.1. The summed E-state index contributed by atoms with van der Waals surface area (Å²) >= 11 is 5.82. The predicted molar refractivity (Wildman–Crippen MR) is 82.3 cm³/mol. The second-order valence-electron chi connectivity index (χ2n) is 4.46. The zero-order valence-corrected chi connectivity index (χ0v) is 12.8. The maximum absolute atomic E-state index is 5.82. The SMILES string of the molecule is COC(CN(Cc1ccc(Cl)nc1)c1ccccn1)OC. The van der Waals surface area contributed by atoms with Crippen molar-refractivity contribution >= 4 is 17.4 Å². The lowest BCUT2D eigenvalue weighted by Crippen LogP contribution is -2.34. The van der Waals surface area contributed by atoms with Crippen molar-refractivity contribution in [3.63, 3.8) is 0 Å². The Bertz CT molecular complexity index is 532. The van der Waals surface area contributed by atoms with Gasteiger partial charge in [-0.3, -0.25) is 0 Å². The summed E-state index contributed by atoms with van der Waals surface area (Å²) in [5.74, 6) is 0.853. The highest BCUT2D eigenvalue weighted by molar-refractivity contribution is 6.29. The number of rotatable bonds is 7. The maximum atomic E-state index is 5.82. The molecule has 6 heteroatoms. The van der Waals surface area contributed by atoms with E-state index in [9.17, 15) is 0 Å². The van der Waals surface area contributed by atoms with Crippen LogP contribution in [0.3, 0.4) is 0 Å². The maximum Gasteiger partial charge on any atom is 0.174 e. The summed E-state index contributed by atoms with van der Waals surface area (Å²) in [5, 5.41) is 0.481. The molecule has 5 nitrogen and oxygen atoms in total. The highest BCUT2D eigenvalue weighted by Gasteiger charge is 2.15. The molecule has 112 valence electrons. The third kappa shape index (κ3) is 4.67. The van der Waals surface area contributed by atoms with E-state index in [4.69, 9.17) is 21.1 Å². The average molecular weight is 308 g/mol. The number of nitrogens with zero attached hydrogens (tertiary/aromatic N) is 3. The first-order valence-electron chi connectivity index (χ1n) is 6.55. The topological polar surface area (TPSA) is 47.5 Å². The van der Waals surface area contributed by atoms with Crippen LogP contribution in [-0.2, 0) is 16.0 Å². The molecule has 2 heterocycles. The molecule has 0 atom stereocenters. The van der Waals surface area contributed by atoms with Crippen LogP contribution in [0.1, 0.15) is 5.56 Å². The molecule has 0 N–H and O–H groups in total. The van der Waals surface area contributed by atoms with Crippen LogP contribution in [0.5, 0.6) is 0 Å². The minimum Gasteiger partial charge on any atom is -0.354 e. The van der Waals surface area contributed by atoms with Crippen LogP contribution in [0.4, 0.5) is 5.82 Å². The van der Waals surface area contributed by atoms with E-state index in [-0.39, 0.29) is 6.29 Å². The van der Waals surface area contributed by atoms with Gasteiger partial charge < -0.3 is 14.4 Å². The van der Waals surface area contributed by atoms with Crippen LogP contribution in [0.25, 0.3) is 0 Å². The van der Waals surface area contributed by atoms with Crippen LogP contribution in [0.2, 0.25) is 5.15 Å². The van der Waals surface area contributed by atoms with Gasteiger partial charge in [0.05, 0.1) is 6.54 Å². The lowest BCUT2D eigenvalue weighted by atomic mass is 10.2. The zero-order valence-electron chi connectivity index (χ0n) is 12.1. The summed E-state index contributed by atoms with van der Waals surface area (Å²) < 4.78 is 10.6. The van der Waals surface area contributed by atoms with Crippen molar-refractivity contribution in [2.24, 2.45) is 0 Å². The van der Waals surface area contributed by atoms with Gasteiger partial charge in [0, 0.05) is 33.2 Å². The van der Waals surface area contributed by atoms with Crippen molar-refractivity contribution in [1.82, 2.24) is 9.97 Å². The number of anilines is 1. The molecule has 0 saturated heterocycles. The lowest BCUT2D eigenvalue weighted by molar-refractivity contribution is -0.0951. The summed E-state index contributed by atoms with van der Waals surface area (Å²) in [6.07, 6.45) is 3.19. The first kappa shape index (κ1) is 15.7. The van der Waals surface area contributed by atoms with Crippen molar-refractivity contribution in [3.8, 4) is 0 Å². The van der Waals surface area contributed by atoms with Gasteiger partial charge in [0.1, 0.15) is 11.0 Å². The second-order valence-corrected chi connectivity index (χ2v) is 4.85. The fourth-order valence-electron chi connectivity index (χ4n) is 1.93. The van der Waals surface area contributed by atoms with Crippen molar-refractivity contribution in [1.29, 1.82) is 0 Å². The highest BCUT2D eigenvalue weighted by Crippen LogP contribution is 2.16. The second kappa shape index (κ2) is 7.93. The van der Waals surface area contributed by atoms with Crippen molar-refractivity contribution in [2.75, 3.05) is 25.7 Å². The van der Waals surface area contributed by atoms with Crippen LogP contribution in [-0.4, -0.2) is 37.0 Å². The first-order chi connectivity index (χ1) is 10.2. The Balaban J connectivity index is 2.17. The Morgan fingerprint density at radius 1 is 1.14 bits per heavy atom. The third-order valence-corrected chi connectivity index (χ3v) is 3.25. The van der Waals surface area contributed by atoms with E-state index in [2.05, 4.69) is 14.9 Å². The quantitative estimate of drug-likeness (QED) is 0.581. The van der Waals surface area contributed by atoms with Gasteiger partial charge >= 0.3 is 0 Å². The first-order valence-corrected chi connectivity index (χ1v) is 6.92. The molecule has 0 fully saturated rings. The molecule has 21 heavy (non-hydrogen) atoms. The molecule has 0 radical (unpaired) electrons. The van der Waals surface area contributed by atoms with E-state index in [0.717, 1.165) is 11.4 Å². The lowest BCUT2D eigenvalue weighted by Gasteiger charge is -2.27. The van der Waals surface area contributed by atoms with Crippen LogP contribution in [0, 0.1) is 0 Å². The highest BCUT2D eigenvalue weighted by atomic mass is 35.5. The number of hydrogen-bond acceptors (Lipinski definition) is 5. The fourth-order valence-corrected chi connectivity index (χ4v) is 2.04. The molecule has 2 aromatic rings. The summed E-state index contributed by atoms with van der Waals surface area (Å²) in [6.45, 7) is 1.21. The Morgan fingerprint density at radius 2 is 1.95 bits per heavy atom. The van der Waals surface area contributed by atoms with Crippen LogP contribution >= 0.6 is 11.6 Å². The summed E-state index contributed by atoms with van der Waals surface area (Å²) in [4.78, 5) is 10.6. The van der Waals surface area contributed by atoms with Crippen molar-refractivity contribution < 1.29 is 9.47 Å². The number of ether oxygens (including phenoxy) is 2. The molecule has 2 aromatic heterocycles. The molecule has 0 aliphatic heterocycles. The van der Waals surface area contributed by atoms with Gasteiger partial charge in [0.25, 0.3) is 0 Å². The molecule has 0 unspecified atom stereocenters. The van der Waals surface area contributed by atoms with Gasteiger partial charge in [-0.25, -0.2) is 9.97 Å². The fraction of sp³-hybridized carbons (Fsp3) is 0.333. The Kier molecular flexibility index (Phi) is 5.92. The Hall–Kier alpha value is -1.69. The molecule has 0 bridgehead atoms. The van der Waals surface area contributed by atoms with Crippen molar-refractivity contribution in [3.05, 3.63) is 53.4 Å². The Morgan fingerprint density at radius 3 is 2.52 bits per heavy atom. The van der Waals surface area contributed by atoms with Crippen molar-refractivity contribution in [2.45, 2.75) is 12.8 Å². The molecule has 0 saturated carbocycles. The summed E-state index contributed by atoms with van der Waals surface area (Å²) in [5.41, 5.74) is 1.04. The molecule has 0 amide bonds. The molecular weight excluding hydrogens is 290 g/mol. The number of halogens is 1. The third-order valence-electron chi connectivity index (χ3n) is 3.03. The van der Waals surface area contributed by atoms with Gasteiger partial charge in [-0.1, -0.05) is 23.7 Å². The minimum atomic E-state index is -0.327. The van der Waals surface area contributed by atoms with Gasteiger partial charge in [0.15, 0.2) is 6.29 Å². The van der Waals surface area contributed by atoms with Gasteiger partial charge in [-0.15, -0.1) is 0 Å². The summed E-state index contributed by atoms with van der Waals surface area (Å²) in [6, 6.07) is 9.50. The monoisotopic (exact) mass is 307 g/mol. The van der Waals surface area contributed by atoms with E-state index in [1.165, 1.54) is 0 Å². The van der Waals surface area contributed by atoms with Gasteiger partial charge in [-0.2, -0.15) is 0 Å². The molecule has 0 spiro atoms. The largest absolute Gasteiger partial charge is 0.354 e. The number of pyridine rings is 2. The smallest absolute Gasteiger partial charge is 0.174 e. The normalized spacial score (nSPS) is 10.9. The number of methoxy groups -OCH3 is 2. The molecular formula is C15H18ClN3O2. The van der Waals surface area contributed by atoms with E-state index in [1.54, 1.807) is 32.7 Å².